The largest absolute Gasteiger partial charge is 0.393 e. The number of hydrogen-bond acceptors (Lipinski definition) is 2. The molecule has 0 aliphatic rings. The summed E-state index contributed by atoms with van der Waals surface area (Å²) in [6.45, 7) is -1.18. The molecule has 0 heterocycles. The minimum Gasteiger partial charge on any atom is -0.393 e. The highest BCUT2D eigenvalue weighted by atomic mass is 16.3. The molecule has 0 amide bonds. The van der Waals surface area contributed by atoms with Gasteiger partial charge in [-0.25, -0.2) is 0 Å². The van der Waals surface area contributed by atoms with E-state index < -0.39 is 13.0 Å². The highest BCUT2D eigenvalue weighted by Crippen LogP contribution is 1.87. The maximum atomic E-state index is 10.3. The van der Waals surface area contributed by atoms with Crippen molar-refractivity contribution < 1.29 is 14.0 Å². The molecule has 0 aliphatic carbocycles. The van der Waals surface area contributed by atoms with Crippen LogP contribution in [0.15, 0.2) is 0 Å². The predicted molar refractivity (Wildman–Crippen MR) is 27.0 cm³/mol. The van der Waals surface area contributed by atoms with Crippen LogP contribution in [-0.4, -0.2) is 17.0 Å². The van der Waals surface area contributed by atoms with Gasteiger partial charge in [-0.15, -0.1) is 0 Å². The Morgan fingerprint density at radius 3 is 2.86 bits per heavy atom. The van der Waals surface area contributed by atoms with E-state index in [4.69, 9.17) is 9.22 Å². The zero-order valence-corrected chi connectivity index (χ0v) is 4.14. The summed E-state index contributed by atoms with van der Waals surface area (Å²) < 4.78 is 20.0. The molecule has 0 unspecified atom stereocenters. The Kier molecular flexibility index (Phi) is 1.11. The Bertz CT molecular complexity index is 129. The van der Waals surface area contributed by atoms with Gasteiger partial charge in [-0.05, 0) is 13.8 Å². The van der Waals surface area contributed by atoms with Gasteiger partial charge in [0.05, 0.1) is 6.10 Å². The first-order valence-electron chi connectivity index (χ1n) is 3.51. The molecule has 0 radical (unpaired) electrons. The molecule has 1 atom stereocenters. The molecule has 0 aromatic carbocycles. The van der Waals surface area contributed by atoms with Crippen molar-refractivity contribution in [3.8, 4) is 0 Å². The van der Waals surface area contributed by atoms with E-state index in [0.717, 1.165) is 0 Å². The van der Waals surface area contributed by atoms with Gasteiger partial charge in [-0.1, -0.05) is 0 Å². The van der Waals surface area contributed by atoms with Crippen LogP contribution in [-0.2, 0) is 4.79 Å². The lowest BCUT2D eigenvalue weighted by Crippen LogP contribution is -2.04. The summed E-state index contributed by atoms with van der Waals surface area (Å²) in [4.78, 5) is 10.3. The second-order valence-electron chi connectivity index (χ2n) is 1.42. The minimum atomic E-state index is -2.42. The number of carbonyl (C=O) groups is 1. The summed E-state index contributed by atoms with van der Waals surface area (Å²) >= 11 is 0. The summed E-state index contributed by atoms with van der Waals surface area (Å²) in [5, 5.41) is 8.77. The van der Waals surface area contributed by atoms with Crippen LogP contribution < -0.4 is 0 Å². The maximum Gasteiger partial charge on any atom is 0.132 e. The van der Waals surface area contributed by atoms with Crippen LogP contribution in [0, 0.1) is 0 Å². The number of rotatable bonds is 2. The molecule has 0 aliphatic heterocycles. The first-order valence-corrected chi connectivity index (χ1v) is 2.01. The first kappa shape index (κ1) is 2.82. The highest BCUT2D eigenvalue weighted by molar-refractivity contribution is 5.75. The normalized spacial score (nSPS) is 21.7. The summed E-state index contributed by atoms with van der Waals surface area (Å²) in [7, 11) is 0. The number of aliphatic hydroxyl groups excluding tert-OH is 1. The topological polar surface area (TPSA) is 37.3 Å². The Balaban J connectivity index is 3.85. The molecule has 7 heavy (non-hydrogen) atoms. The molecule has 0 fully saturated rings. The maximum absolute atomic E-state index is 10.3. The third-order valence-electron chi connectivity index (χ3n) is 0.481. The molecular weight excluding hydrogens is 92.1 g/mol. The van der Waals surface area contributed by atoms with Crippen molar-refractivity contribution >= 4 is 5.78 Å². The van der Waals surface area contributed by atoms with Gasteiger partial charge < -0.3 is 5.11 Å². The second-order valence-corrected chi connectivity index (χ2v) is 1.42. The number of carbonyl (C=O) groups excluding carboxylic acids is 1. The van der Waals surface area contributed by atoms with Crippen LogP contribution in [0.4, 0.5) is 0 Å². The molecule has 1 N–H and O–H groups in total. The third-order valence-corrected chi connectivity index (χ3v) is 0.481. The molecule has 0 aromatic heterocycles. The lowest BCUT2D eigenvalue weighted by Gasteiger charge is -1.95. The quantitative estimate of drug-likeness (QED) is 0.550. The van der Waals surface area contributed by atoms with Crippen molar-refractivity contribution in [2.45, 2.75) is 26.3 Å². The molecule has 0 bridgehead atoms. The van der Waals surface area contributed by atoms with E-state index in [2.05, 4.69) is 0 Å². The third kappa shape index (κ3) is 5.63. The van der Waals surface area contributed by atoms with E-state index in [1.807, 2.05) is 0 Å². The zero-order valence-electron chi connectivity index (χ0n) is 7.14. The van der Waals surface area contributed by atoms with Gasteiger partial charge in [0, 0.05) is 10.5 Å². The van der Waals surface area contributed by atoms with E-state index in [1.54, 1.807) is 0 Å². The van der Waals surface area contributed by atoms with Gasteiger partial charge in [0.15, 0.2) is 0 Å². The monoisotopic (exact) mass is 105 g/mol. The fourth-order valence-electron chi connectivity index (χ4n) is 0.272. The van der Waals surface area contributed by atoms with Gasteiger partial charge in [0.2, 0.25) is 0 Å². The van der Waals surface area contributed by atoms with Crippen LogP contribution in [0.2, 0.25) is 0 Å². The SMILES string of the molecule is [2H]C([2H])([2H])[C@@H](O)CC(C)=O. The minimum absolute atomic E-state index is 0.295. The number of Topliss-reactive ketones (excluding diaryl/α,β-unsaturated/α-hetero) is 1. The highest BCUT2D eigenvalue weighted by Gasteiger charge is 1.96. The average molecular weight is 105 g/mol. The average Bonchev–Trinajstić information content (AvgIpc) is 1.60. The Hall–Kier alpha value is -0.370. The summed E-state index contributed by atoms with van der Waals surface area (Å²) in [5.41, 5.74) is 0. The van der Waals surface area contributed by atoms with E-state index in [-0.39, 0.29) is 12.2 Å². The summed E-state index contributed by atoms with van der Waals surface area (Å²) in [6.07, 6.45) is -1.80. The molecule has 2 heteroatoms. The first-order chi connectivity index (χ1) is 4.34. The number of ketones is 1. The van der Waals surface area contributed by atoms with E-state index in [1.165, 1.54) is 6.92 Å². The van der Waals surface area contributed by atoms with Crippen LogP contribution in [0.3, 0.4) is 0 Å². The van der Waals surface area contributed by atoms with Crippen molar-refractivity contribution in [3.63, 3.8) is 0 Å². The Morgan fingerprint density at radius 2 is 2.71 bits per heavy atom. The molecule has 0 saturated carbocycles. The Morgan fingerprint density at radius 1 is 2.14 bits per heavy atom. The van der Waals surface area contributed by atoms with Crippen molar-refractivity contribution in [2.24, 2.45) is 0 Å². The van der Waals surface area contributed by atoms with Crippen molar-refractivity contribution in [3.05, 3.63) is 0 Å². The molecule has 42 valence electrons. The van der Waals surface area contributed by atoms with E-state index in [9.17, 15) is 4.79 Å². The van der Waals surface area contributed by atoms with Gasteiger partial charge in [0.25, 0.3) is 0 Å². The molecule has 0 saturated heterocycles. The zero-order chi connectivity index (χ0) is 8.36. The fourth-order valence-corrected chi connectivity index (χ4v) is 0.272. The smallest absolute Gasteiger partial charge is 0.132 e. The van der Waals surface area contributed by atoms with Crippen LogP contribution in [0.5, 0.6) is 0 Å². The second kappa shape index (κ2) is 2.75. The van der Waals surface area contributed by atoms with Crippen molar-refractivity contribution in [1.82, 2.24) is 0 Å². The number of aliphatic hydroxyl groups is 1. The molecular formula is C5H10O2. The van der Waals surface area contributed by atoms with Crippen LogP contribution >= 0.6 is 0 Å². The fraction of sp³-hybridized carbons (Fsp3) is 0.800. The summed E-state index contributed by atoms with van der Waals surface area (Å²) in [5.74, 6) is -0.316. The van der Waals surface area contributed by atoms with Crippen molar-refractivity contribution in [1.29, 1.82) is 0 Å². The molecule has 0 aromatic rings. The molecule has 0 rings (SSSR count). The summed E-state index contributed by atoms with van der Waals surface area (Å²) in [6, 6.07) is 0. The predicted octanol–water partition coefficient (Wildman–Crippen LogP) is 0.346. The molecule has 2 nitrogen and oxygen atoms in total. The van der Waals surface area contributed by atoms with Crippen LogP contribution in [0.25, 0.3) is 0 Å². The lowest BCUT2D eigenvalue weighted by molar-refractivity contribution is -0.118. The van der Waals surface area contributed by atoms with Crippen molar-refractivity contribution in [2.75, 3.05) is 0 Å². The van der Waals surface area contributed by atoms with E-state index in [0.29, 0.717) is 0 Å². The van der Waals surface area contributed by atoms with E-state index >= 15 is 0 Å². The van der Waals surface area contributed by atoms with Crippen LogP contribution in [0.1, 0.15) is 24.3 Å². The lowest BCUT2D eigenvalue weighted by atomic mass is 10.2. The molecule has 0 spiro atoms. The number of hydrogen-bond donors (Lipinski definition) is 1. The standard InChI is InChI=1S/C5H10O2/c1-4(6)3-5(2)7/h4,6H,3H2,1-2H3/t4-/m1/s1/i1D3. The van der Waals surface area contributed by atoms with Gasteiger partial charge in [-0.2, -0.15) is 0 Å². The van der Waals surface area contributed by atoms with Gasteiger partial charge >= 0.3 is 0 Å². The van der Waals surface area contributed by atoms with Gasteiger partial charge in [0.1, 0.15) is 5.78 Å². The van der Waals surface area contributed by atoms with Gasteiger partial charge in [-0.3, -0.25) is 4.79 Å². The Labute approximate surface area is 47.4 Å².